The maximum atomic E-state index is 13.4. The molecule has 0 fully saturated rings. The highest BCUT2D eigenvalue weighted by Crippen LogP contribution is 2.29. The van der Waals surface area contributed by atoms with Crippen LogP contribution in [0, 0.1) is 13.8 Å². The van der Waals surface area contributed by atoms with Crippen LogP contribution in [-0.2, 0) is 26.1 Å². The Morgan fingerprint density at radius 2 is 1.78 bits per heavy atom. The highest BCUT2D eigenvalue weighted by molar-refractivity contribution is 6.04. The van der Waals surface area contributed by atoms with E-state index in [2.05, 4.69) is 98.0 Å². The predicted octanol–water partition coefficient (Wildman–Crippen LogP) is 5.88. The van der Waals surface area contributed by atoms with Gasteiger partial charge in [-0.2, -0.15) is 5.10 Å². The number of aromatic nitrogens is 4. The SMILES string of the molecule is Cc1ccc(C(=O)Nc2cc(CNC(C)C)cc(C(C)(C)C)c2)cc1-n1cc(-c2cnn(C)c2C)n1C. The zero-order chi connectivity index (χ0) is 27.1. The van der Waals surface area contributed by atoms with Crippen molar-refractivity contribution in [3.05, 3.63) is 76.7 Å². The molecule has 7 heteroatoms. The quantitative estimate of drug-likeness (QED) is 0.333. The van der Waals surface area contributed by atoms with Crippen LogP contribution in [-0.4, -0.2) is 31.1 Å². The van der Waals surface area contributed by atoms with E-state index in [9.17, 15) is 4.79 Å². The summed E-state index contributed by atoms with van der Waals surface area (Å²) in [7, 11) is 3.97. The van der Waals surface area contributed by atoms with Crippen LogP contribution < -0.4 is 10.6 Å². The van der Waals surface area contributed by atoms with Gasteiger partial charge in [0.15, 0.2) is 0 Å². The van der Waals surface area contributed by atoms with Gasteiger partial charge in [-0.3, -0.25) is 18.8 Å². The minimum atomic E-state index is -0.120. The summed E-state index contributed by atoms with van der Waals surface area (Å²) in [5.41, 5.74) is 9.16. The van der Waals surface area contributed by atoms with Gasteiger partial charge in [0.2, 0.25) is 0 Å². The highest BCUT2D eigenvalue weighted by Gasteiger charge is 2.19. The van der Waals surface area contributed by atoms with Gasteiger partial charge >= 0.3 is 0 Å². The number of aryl methyl sites for hydroxylation is 2. The van der Waals surface area contributed by atoms with Crippen LogP contribution in [0.15, 0.2) is 48.8 Å². The van der Waals surface area contributed by atoms with Crippen molar-refractivity contribution in [1.29, 1.82) is 0 Å². The van der Waals surface area contributed by atoms with Gasteiger partial charge in [0, 0.05) is 49.2 Å². The molecule has 2 aromatic heterocycles. The van der Waals surface area contributed by atoms with E-state index in [1.54, 1.807) is 0 Å². The zero-order valence-electron chi connectivity index (χ0n) is 23.6. The van der Waals surface area contributed by atoms with E-state index in [4.69, 9.17) is 0 Å². The van der Waals surface area contributed by atoms with Crippen molar-refractivity contribution in [2.75, 3.05) is 5.32 Å². The number of carbonyl (C=O) groups excluding carboxylic acids is 1. The summed E-state index contributed by atoms with van der Waals surface area (Å²) >= 11 is 0. The third-order valence-corrected chi connectivity index (χ3v) is 6.98. The molecule has 0 aliphatic rings. The van der Waals surface area contributed by atoms with E-state index in [-0.39, 0.29) is 11.3 Å². The summed E-state index contributed by atoms with van der Waals surface area (Å²) in [4.78, 5) is 13.4. The molecule has 2 heterocycles. The van der Waals surface area contributed by atoms with Gasteiger partial charge in [-0.1, -0.05) is 46.8 Å². The molecule has 0 aliphatic carbocycles. The Balaban J connectivity index is 1.61. The van der Waals surface area contributed by atoms with Crippen LogP contribution >= 0.6 is 0 Å². The van der Waals surface area contributed by atoms with E-state index in [1.165, 1.54) is 5.56 Å². The Kier molecular flexibility index (Phi) is 7.20. The molecule has 196 valence electrons. The van der Waals surface area contributed by atoms with Crippen molar-refractivity contribution >= 4 is 11.6 Å². The molecule has 0 bridgehead atoms. The Morgan fingerprint density at radius 1 is 1.05 bits per heavy atom. The van der Waals surface area contributed by atoms with Crippen molar-refractivity contribution < 1.29 is 4.79 Å². The molecular formula is C30H40N6O. The van der Waals surface area contributed by atoms with Crippen molar-refractivity contribution in [2.45, 2.75) is 66.5 Å². The number of hydrogen-bond donors (Lipinski definition) is 2. The maximum Gasteiger partial charge on any atom is 0.255 e. The fourth-order valence-corrected chi connectivity index (χ4v) is 4.39. The summed E-state index contributed by atoms with van der Waals surface area (Å²) in [5.74, 6) is -0.120. The summed E-state index contributed by atoms with van der Waals surface area (Å²) in [6, 6.07) is 12.6. The molecule has 0 spiro atoms. The Hall–Kier alpha value is -3.58. The second-order valence-corrected chi connectivity index (χ2v) is 11.3. The van der Waals surface area contributed by atoms with Crippen LogP contribution in [0.25, 0.3) is 16.9 Å². The van der Waals surface area contributed by atoms with Crippen LogP contribution in [0.2, 0.25) is 0 Å². The number of benzene rings is 2. The first-order chi connectivity index (χ1) is 17.3. The smallest absolute Gasteiger partial charge is 0.255 e. The van der Waals surface area contributed by atoms with E-state index >= 15 is 0 Å². The standard InChI is InChI=1S/C30H40N6O/c1-19(2)31-16-22-12-24(30(5,6)7)15-25(13-22)33-29(37)23-11-10-20(3)27(14-23)36-18-28(35(36)9)26-17-32-34(8)21(26)4/h10-15,17-19,31H,16H2,1-9H3,(H,33,37). The van der Waals surface area contributed by atoms with Gasteiger partial charge in [0.05, 0.1) is 23.8 Å². The molecule has 0 saturated carbocycles. The third kappa shape index (κ3) is 5.57. The first-order valence-electron chi connectivity index (χ1n) is 12.9. The van der Waals surface area contributed by atoms with Crippen molar-refractivity contribution in [3.63, 3.8) is 0 Å². The van der Waals surface area contributed by atoms with Crippen molar-refractivity contribution in [1.82, 2.24) is 24.5 Å². The highest BCUT2D eigenvalue weighted by atomic mass is 16.1. The van der Waals surface area contributed by atoms with E-state index < -0.39 is 0 Å². The van der Waals surface area contributed by atoms with Gasteiger partial charge in [-0.15, -0.1) is 0 Å². The lowest BCUT2D eigenvalue weighted by Crippen LogP contribution is -2.23. The van der Waals surface area contributed by atoms with Gasteiger partial charge in [-0.25, -0.2) is 0 Å². The van der Waals surface area contributed by atoms with Crippen molar-refractivity contribution in [3.8, 4) is 16.9 Å². The largest absolute Gasteiger partial charge is 0.322 e. The molecule has 2 aromatic carbocycles. The molecule has 37 heavy (non-hydrogen) atoms. The Bertz CT molecular complexity index is 1430. The first kappa shape index (κ1) is 26.5. The first-order valence-corrected chi connectivity index (χ1v) is 12.9. The number of nitrogens with one attached hydrogen (secondary N) is 2. The molecule has 0 saturated heterocycles. The molecule has 0 aliphatic heterocycles. The number of anilines is 1. The molecule has 1 amide bonds. The van der Waals surface area contributed by atoms with Crippen LogP contribution in [0.4, 0.5) is 5.69 Å². The normalized spacial score (nSPS) is 11.9. The maximum absolute atomic E-state index is 13.4. The van der Waals surface area contributed by atoms with Crippen LogP contribution in [0.1, 0.15) is 67.4 Å². The lowest BCUT2D eigenvalue weighted by atomic mass is 9.85. The second kappa shape index (κ2) is 10.1. The van der Waals surface area contributed by atoms with Crippen molar-refractivity contribution in [2.24, 2.45) is 14.1 Å². The zero-order valence-corrected chi connectivity index (χ0v) is 23.6. The summed E-state index contributed by atoms with van der Waals surface area (Å²) in [6.45, 7) is 15.7. The average Bonchev–Trinajstić information content (AvgIpc) is 3.15. The van der Waals surface area contributed by atoms with E-state index in [1.807, 2.05) is 43.2 Å². The summed E-state index contributed by atoms with van der Waals surface area (Å²) < 4.78 is 6.04. The van der Waals surface area contributed by atoms with Gasteiger partial charge in [-0.05, 0) is 60.2 Å². The number of carbonyl (C=O) groups is 1. The summed E-state index contributed by atoms with van der Waals surface area (Å²) in [6.07, 6.45) is 3.98. The van der Waals surface area contributed by atoms with E-state index in [0.717, 1.165) is 46.0 Å². The second-order valence-electron chi connectivity index (χ2n) is 11.3. The molecular weight excluding hydrogens is 460 g/mol. The topological polar surface area (TPSA) is 68.8 Å². The van der Waals surface area contributed by atoms with Crippen LogP contribution in [0.5, 0.6) is 0 Å². The Labute approximate surface area is 220 Å². The molecule has 7 nitrogen and oxygen atoms in total. The lowest BCUT2D eigenvalue weighted by molar-refractivity contribution is 0.102. The average molecular weight is 501 g/mol. The third-order valence-electron chi connectivity index (χ3n) is 6.98. The molecule has 4 rings (SSSR count). The summed E-state index contributed by atoms with van der Waals surface area (Å²) in [5, 5.41) is 11.0. The lowest BCUT2D eigenvalue weighted by Gasteiger charge is -2.25. The molecule has 0 unspecified atom stereocenters. The van der Waals surface area contributed by atoms with Gasteiger partial charge in [0.25, 0.3) is 5.91 Å². The van der Waals surface area contributed by atoms with Gasteiger partial charge < -0.3 is 10.6 Å². The van der Waals surface area contributed by atoms with Crippen LogP contribution in [0.3, 0.4) is 0 Å². The monoisotopic (exact) mass is 500 g/mol. The fraction of sp³-hybridized carbons (Fsp3) is 0.400. The number of nitrogens with zero attached hydrogens (tertiary/aromatic N) is 4. The molecule has 0 atom stereocenters. The molecule has 4 aromatic rings. The minimum absolute atomic E-state index is 0.0247. The number of amides is 1. The molecule has 0 radical (unpaired) electrons. The Morgan fingerprint density at radius 3 is 2.38 bits per heavy atom. The van der Waals surface area contributed by atoms with Gasteiger partial charge in [0.1, 0.15) is 0 Å². The van der Waals surface area contributed by atoms with E-state index in [0.29, 0.717) is 11.6 Å². The predicted molar refractivity (Wildman–Crippen MR) is 151 cm³/mol. The molecule has 2 N–H and O–H groups in total. The number of hydrogen-bond acceptors (Lipinski definition) is 3. The number of rotatable bonds is 7. The fourth-order valence-electron chi connectivity index (χ4n) is 4.39. The minimum Gasteiger partial charge on any atom is -0.322 e.